The third-order valence-corrected chi connectivity index (χ3v) is 1.34. The van der Waals surface area contributed by atoms with Crippen molar-refractivity contribution in [2.24, 2.45) is 0 Å². The highest BCUT2D eigenvalue weighted by Crippen LogP contribution is 2.05. The molecule has 0 amide bonds. The van der Waals surface area contributed by atoms with Gasteiger partial charge >= 0.3 is 6.01 Å². The van der Waals surface area contributed by atoms with Gasteiger partial charge in [-0.25, -0.2) is 9.37 Å². The standard InChI is InChI=1S/C8H10F2N2O2/c1-2-13-3-4-14-8-11-5-6(9)7(10)12-8/h5H,2-4H2,1H3. The van der Waals surface area contributed by atoms with Gasteiger partial charge in [-0.05, 0) is 6.92 Å². The Balaban J connectivity index is 2.39. The summed E-state index contributed by atoms with van der Waals surface area (Å²) >= 11 is 0. The van der Waals surface area contributed by atoms with Crippen molar-refractivity contribution in [3.63, 3.8) is 0 Å². The summed E-state index contributed by atoms with van der Waals surface area (Å²) in [6.07, 6.45) is 0.721. The average Bonchev–Trinajstić information content (AvgIpc) is 2.18. The van der Waals surface area contributed by atoms with E-state index in [1.54, 1.807) is 0 Å². The molecule has 0 N–H and O–H groups in total. The van der Waals surface area contributed by atoms with E-state index in [0.29, 0.717) is 13.2 Å². The minimum absolute atomic E-state index is 0.191. The third-order valence-electron chi connectivity index (χ3n) is 1.34. The van der Waals surface area contributed by atoms with Gasteiger partial charge in [0.1, 0.15) is 6.61 Å². The van der Waals surface area contributed by atoms with Gasteiger partial charge in [0.15, 0.2) is 5.82 Å². The van der Waals surface area contributed by atoms with Crippen LogP contribution in [0.1, 0.15) is 6.92 Å². The predicted molar refractivity (Wildman–Crippen MR) is 43.9 cm³/mol. The van der Waals surface area contributed by atoms with Crippen molar-refractivity contribution < 1.29 is 18.3 Å². The maximum Gasteiger partial charge on any atom is 0.319 e. The van der Waals surface area contributed by atoms with Gasteiger partial charge in [-0.15, -0.1) is 0 Å². The Morgan fingerprint density at radius 3 is 2.79 bits per heavy atom. The second-order valence-electron chi connectivity index (χ2n) is 2.34. The molecule has 1 rings (SSSR count). The lowest BCUT2D eigenvalue weighted by Crippen LogP contribution is -2.09. The second-order valence-corrected chi connectivity index (χ2v) is 2.34. The molecule has 78 valence electrons. The van der Waals surface area contributed by atoms with E-state index >= 15 is 0 Å². The number of nitrogens with zero attached hydrogens (tertiary/aromatic N) is 2. The quantitative estimate of drug-likeness (QED) is 0.533. The van der Waals surface area contributed by atoms with Crippen molar-refractivity contribution >= 4 is 0 Å². The summed E-state index contributed by atoms with van der Waals surface area (Å²) in [6.45, 7) is 2.98. The third kappa shape index (κ3) is 3.21. The highest BCUT2D eigenvalue weighted by molar-refractivity contribution is 4.97. The minimum atomic E-state index is -1.22. The summed E-state index contributed by atoms with van der Waals surface area (Å²) in [6, 6.07) is -0.191. The van der Waals surface area contributed by atoms with Gasteiger partial charge < -0.3 is 9.47 Å². The molecule has 14 heavy (non-hydrogen) atoms. The van der Waals surface area contributed by atoms with E-state index in [1.165, 1.54) is 0 Å². The summed E-state index contributed by atoms with van der Waals surface area (Å²) in [5, 5.41) is 0. The molecule has 6 heteroatoms. The van der Waals surface area contributed by atoms with Crippen molar-refractivity contribution in [2.45, 2.75) is 6.92 Å². The zero-order valence-corrected chi connectivity index (χ0v) is 7.67. The molecule has 0 atom stereocenters. The molecule has 0 aliphatic carbocycles. The van der Waals surface area contributed by atoms with E-state index in [0.717, 1.165) is 6.20 Å². The highest BCUT2D eigenvalue weighted by atomic mass is 19.2. The van der Waals surface area contributed by atoms with Gasteiger partial charge in [0, 0.05) is 6.61 Å². The van der Waals surface area contributed by atoms with Crippen LogP contribution in [0, 0.1) is 11.8 Å². The first kappa shape index (κ1) is 10.8. The molecule has 1 aromatic heterocycles. The normalized spacial score (nSPS) is 10.2. The molecule has 0 aliphatic heterocycles. The summed E-state index contributed by atoms with van der Waals surface area (Å²) in [7, 11) is 0. The van der Waals surface area contributed by atoms with Crippen LogP contribution in [0.15, 0.2) is 6.20 Å². The molecular formula is C8H10F2N2O2. The van der Waals surface area contributed by atoms with Crippen LogP contribution in [-0.4, -0.2) is 29.8 Å². The largest absolute Gasteiger partial charge is 0.461 e. The van der Waals surface area contributed by atoms with Crippen molar-refractivity contribution in [3.8, 4) is 6.01 Å². The fraction of sp³-hybridized carbons (Fsp3) is 0.500. The van der Waals surface area contributed by atoms with E-state index in [-0.39, 0.29) is 12.6 Å². The lowest BCUT2D eigenvalue weighted by atomic mass is 10.6. The molecule has 0 aromatic carbocycles. The summed E-state index contributed by atoms with van der Waals surface area (Å²) in [5.41, 5.74) is 0. The average molecular weight is 204 g/mol. The molecule has 0 saturated carbocycles. The van der Waals surface area contributed by atoms with Crippen molar-refractivity contribution in [1.82, 2.24) is 9.97 Å². The van der Waals surface area contributed by atoms with Crippen LogP contribution in [0.5, 0.6) is 6.01 Å². The van der Waals surface area contributed by atoms with E-state index in [2.05, 4.69) is 9.97 Å². The number of ether oxygens (including phenoxy) is 2. The Labute approximate surface area is 79.9 Å². The molecule has 1 heterocycles. The first-order valence-corrected chi connectivity index (χ1v) is 4.12. The summed E-state index contributed by atoms with van der Waals surface area (Å²) in [4.78, 5) is 6.57. The van der Waals surface area contributed by atoms with Gasteiger partial charge in [0.2, 0.25) is 0 Å². The van der Waals surface area contributed by atoms with Gasteiger partial charge in [-0.2, -0.15) is 9.37 Å². The Kier molecular flexibility index (Phi) is 4.18. The molecule has 0 saturated heterocycles. The van der Waals surface area contributed by atoms with Crippen LogP contribution in [0.2, 0.25) is 0 Å². The lowest BCUT2D eigenvalue weighted by Gasteiger charge is -2.03. The van der Waals surface area contributed by atoms with Gasteiger partial charge in [-0.1, -0.05) is 0 Å². The van der Waals surface area contributed by atoms with Crippen molar-refractivity contribution in [1.29, 1.82) is 0 Å². The molecule has 0 radical (unpaired) electrons. The van der Waals surface area contributed by atoms with Crippen LogP contribution < -0.4 is 4.74 Å². The number of halogens is 2. The molecule has 1 aromatic rings. The van der Waals surface area contributed by atoms with Crippen molar-refractivity contribution in [3.05, 3.63) is 18.0 Å². The van der Waals surface area contributed by atoms with Gasteiger partial charge in [0.05, 0.1) is 12.8 Å². The Bertz CT molecular complexity index is 297. The van der Waals surface area contributed by atoms with Crippen LogP contribution in [0.4, 0.5) is 8.78 Å². The van der Waals surface area contributed by atoms with E-state index in [9.17, 15) is 8.78 Å². The number of rotatable bonds is 5. The molecule has 0 unspecified atom stereocenters. The monoisotopic (exact) mass is 204 g/mol. The van der Waals surface area contributed by atoms with E-state index < -0.39 is 11.8 Å². The van der Waals surface area contributed by atoms with Crippen LogP contribution in [-0.2, 0) is 4.74 Å². The van der Waals surface area contributed by atoms with E-state index in [1.807, 2.05) is 6.92 Å². The molecule has 0 fully saturated rings. The lowest BCUT2D eigenvalue weighted by molar-refractivity contribution is 0.105. The molecule has 0 spiro atoms. The number of hydrogen-bond donors (Lipinski definition) is 0. The van der Waals surface area contributed by atoms with Crippen LogP contribution in [0.3, 0.4) is 0 Å². The number of hydrogen-bond acceptors (Lipinski definition) is 4. The van der Waals surface area contributed by atoms with Crippen LogP contribution in [0.25, 0.3) is 0 Å². The molecule has 0 bridgehead atoms. The fourth-order valence-corrected chi connectivity index (χ4v) is 0.737. The SMILES string of the molecule is CCOCCOc1ncc(F)c(F)n1. The Morgan fingerprint density at radius 2 is 2.14 bits per heavy atom. The maximum atomic E-state index is 12.5. The smallest absolute Gasteiger partial charge is 0.319 e. The predicted octanol–water partition coefficient (Wildman–Crippen LogP) is 1.17. The van der Waals surface area contributed by atoms with Gasteiger partial charge in [-0.3, -0.25) is 0 Å². The molecule has 0 aliphatic rings. The Hall–Kier alpha value is -1.30. The van der Waals surface area contributed by atoms with E-state index in [4.69, 9.17) is 9.47 Å². The summed E-state index contributed by atoms with van der Waals surface area (Å²) < 4.78 is 34.7. The first-order chi connectivity index (χ1) is 6.74. The maximum absolute atomic E-state index is 12.5. The minimum Gasteiger partial charge on any atom is -0.461 e. The van der Waals surface area contributed by atoms with Crippen molar-refractivity contribution in [2.75, 3.05) is 19.8 Å². The molecular weight excluding hydrogens is 194 g/mol. The summed E-state index contributed by atoms with van der Waals surface area (Å²) in [5.74, 6) is -2.31. The fourth-order valence-electron chi connectivity index (χ4n) is 0.737. The topological polar surface area (TPSA) is 44.2 Å². The first-order valence-electron chi connectivity index (χ1n) is 4.12. The zero-order chi connectivity index (χ0) is 10.4. The Morgan fingerprint density at radius 1 is 1.36 bits per heavy atom. The van der Waals surface area contributed by atoms with Gasteiger partial charge in [0.25, 0.3) is 5.95 Å². The van der Waals surface area contributed by atoms with Crippen LogP contribution >= 0.6 is 0 Å². The molecule has 4 nitrogen and oxygen atoms in total. The number of aromatic nitrogens is 2. The second kappa shape index (κ2) is 5.43. The zero-order valence-electron chi connectivity index (χ0n) is 7.67. The highest BCUT2D eigenvalue weighted by Gasteiger charge is 2.05.